The Bertz CT molecular complexity index is 173. The van der Waals surface area contributed by atoms with Crippen molar-refractivity contribution in [3.8, 4) is 0 Å². The number of hydrogen-bond acceptors (Lipinski definition) is 3. The average molecular weight is 137 g/mol. The molecule has 0 radical (unpaired) electrons. The third kappa shape index (κ3) is 2.11. The molecule has 0 fully saturated rings. The third-order valence-electron chi connectivity index (χ3n) is 1.22. The molecule has 1 aromatic rings. The molecule has 1 heterocycles. The van der Waals surface area contributed by atoms with Crippen molar-refractivity contribution in [2.75, 3.05) is 6.54 Å². The van der Waals surface area contributed by atoms with Gasteiger partial charge in [0.2, 0.25) is 0 Å². The minimum absolute atomic E-state index is 0.707. The van der Waals surface area contributed by atoms with E-state index in [1.165, 1.54) is 0 Å². The van der Waals surface area contributed by atoms with E-state index in [-0.39, 0.29) is 0 Å². The maximum absolute atomic E-state index is 5.32. The van der Waals surface area contributed by atoms with Gasteiger partial charge in [0.15, 0.2) is 0 Å². The Morgan fingerprint density at radius 2 is 2.00 bits per heavy atom. The summed E-state index contributed by atoms with van der Waals surface area (Å²) in [7, 11) is 0. The molecule has 0 saturated carbocycles. The van der Waals surface area contributed by atoms with Crippen LogP contribution in [0.5, 0.6) is 0 Å². The molecule has 0 aliphatic rings. The van der Waals surface area contributed by atoms with Crippen LogP contribution in [0, 0.1) is 0 Å². The molecule has 10 heavy (non-hydrogen) atoms. The Hall–Kier alpha value is -0.960. The van der Waals surface area contributed by atoms with E-state index in [1.54, 1.807) is 12.4 Å². The van der Waals surface area contributed by atoms with E-state index in [0.717, 1.165) is 18.7 Å². The molecule has 0 unspecified atom stereocenters. The molecule has 3 nitrogen and oxygen atoms in total. The van der Waals surface area contributed by atoms with Crippen LogP contribution in [-0.2, 0) is 6.42 Å². The van der Waals surface area contributed by atoms with Crippen LogP contribution in [0.3, 0.4) is 0 Å². The number of rotatable bonds is 3. The molecule has 54 valence electrons. The first-order chi connectivity index (χ1) is 4.93. The Morgan fingerprint density at radius 3 is 2.60 bits per heavy atom. The zero-order chi connectivity index (χ0) is 7.23. The summed E-state index contributed by atoms with van der Waals surface area (Å²) in [4.78, 5) is 8.10. The van der Waals surface area contributed by atoms with Gasteiger partial charge in [-0.3, -0.25) is 0 Å². The number of aryl methyl sites for hydroxylation is 1. The van der Waals surface area contributed by atoms with Crippen LogP contribution in [0.15, 0.2) is 18.5 Å². The molecule has 1 aromatic heterocycles. The van der Waals surface area contributed by atoms with E-state index in [9.17, 15) is 0 Å². The first kappa shape index (κ1) is 7.15. The molecule has 0 aliphatic heterocycles. The van der Waals surface area contributed by atoms with Crippen LogP contribution < -0.4 is 5.73 Å². The molecule has 0 bridgehead atoms. The minimum atomic E-state index is 0.707. The van der Waals surface area contributed by atoms with Gasteiger partial charge in [-0.2, -0.15) is 0 Å². The smallest absolute Gasteiger partial charge is 0.128 e. The molecule has 1 rings (SSSR count). The topological polar surface area (TPSA) is 51.8 Å². The second kappa shape index (κ2) is 3.95. The van der Waals surface area contributed by atoms with E-state index < -0.39 is 0 Å². The standard InChI is InChI=1S/C7H11N3/c8-4-1-3-7-9-5-2-6-10-7/h2,5-6H,1,3-4,8H2. The number of nitrogens with zero attached hydrogens (tertiary/aromatic N) is 2. The van der Waals surface area contributed by atoms with Crippen molar-refractivity contribution in [3.05, 3.63) is 24.3 Å². The van der Waals surface area contributed by atoms with Gasteiger partial charge >= 0.3 is 0 Å². The Kier molecular flexibility index (Phi) is 2.83. The summed E-state index contributed by atoms with van der Waals surface area (Å²) in [6.07, 6.45) is 5.35. The molecule has 0 aliphatic carbocycles. The van der Waals surface area contributed by atoms with Crippen molar-refractivity contribution >= 4 is 0 Å². The van der Waals surface area contributed by atoms with Gasteiger partial charge in [-0.1, -0.05) is 0 Å². The Balaban J connectivity index is 2.43. The maximum atomic E-state index is 5.32. The zero-order valence-corrected chi connectivity index (χ0v) is 5.83. The van der Waals surface area contributed by atoms with Crippen molar-refractivity contribution in [3.63, 3.8) is 0 Å². The molecule has 2 N–H and O–H groups in total. The van der Waals surface area contributed by atoms with Gasteiger partial charge in [0.05, 0.1) is 0 Å². The van der Waals surface area contributed by atoms with Crippen molar-refractivity contribution < 1.29 is 0 Å². The van der Waals surface area contributed by atoms with Gasteiger partial charge in [0, 0.05) is 18.8 Å². The highest BCUT2D eigenvalue weighted by Gasteiger charge is 1.90. The average Bonchev–Trinajstić information content (AvgIpc) is 2.03. The van der Waals surface area contributed by atoms with Gasteiger partial charge in [0.1, 0.15) is 5.82 Å². The first-order valence-electron chi connectivity index (χ1n) is 3.39. The second-order valence-corrected chi connectivity index (χ2v) is 2.06. The molecule has 0 amide bonds. The number of nitrogens with two attached hydrogens (primary N) is 1. The highest BCUT2D eigenvalue weighted by atomic mass is 14.8. The van der Waals surface area contributed by atoms with Crippen LogP contribution in [0.1, 0.15) is 12.2 Å². The summed E-state index contributed by atoms with van der Waals surface area (Å²) < 4.78 is 0. The molecular weight excluding hydrogens is 126 g/mol. The van der Waals surface area contributed by atoms with Crippen LogP contribution >= 0.6 is 0 Å². The van der Waals surface area contributed by atoms with E-state index >= 15 is 0 Å². The molecule has 0 atom stereocenters. The predicted molar refractivity (Wildman–Crippen MR) is 39.4 cm³/mol. The summed E-state index contributed by atoms with van der Waals surface area (Å²) in [5.74, 6) is 0.882. The van der Waals surface area contributed by atoms with Gasteiger partial charge in [-0.05, 0) is 19.0 Å². The molecule has 3 heteroatoms. The van der Waals surface area contributed by atoms with Crippen LogP contribution in [0.2, 0.25) is 0 Å². The van der Waals surface area contributed by atoms with Crippen molar-refractivity contribution in [1.82, 2.24) is 9.97 Å². The summed E-state index contributed by atoms with van der Waals surface area (Å²) in [5.41, 5.74) is 5.32. The zero-order valence-electron chi connectivity index (χ0n) is 5.83. The number of aromatic nitrogens is 2. The normalized spacial score (nSPS) is 9.70. The summed E-state index contributed by atoms with van der Waals surface area (Å²) in [6, 6.07) is 1.81. The molecular formula is C7H11N3. The minimum Gasteiger partial charge on any atom is -0.330 e. The number of hydrogen-bond donors (Lipinski definition) is 1. The predicted octanol–water partition coefficient (Wildman–Crippen LogP) is 0.368. The van der Waals surface area contributed by atoms with Gasteiger partial charge in [0.25, 0.3) is 0 Å². The molecule has 0 saturated heterocycles. The Labute approximate surface area is 60.3 Å². The molecule has 0 aromatic carbocycles. The second-order valence-electron chi connectivity index (χ2n) is 2.06. The van der Waals surface area contributed by atoms with Crippen LogP contribution in [-0.4, -0.2) is 16.5 Å². The van der Waals surface area contributed by atoms with Gasteiger partial charge in [-0.15, -0.1) is 0 Å². The lowest BCUT2D eigenvalue weighted by Crippen LogP contribution is -2.02. The van der Waals surface area contributed by atoms with Crippen molar-refractivity contribution in [2.45, 2.75) is 12.8 Å². The fourth-order valence-electron chi connectivity index (χ4n) is 0.719. The third-order valence-corrected chi connectivity index (χ3v) is 1.22. The summed E-state index contributed by atoms with van der Waals surface area (Å²) in [5, 5.41) is 0. The quantitative estimate of drug-likeness (QED) is 0.654. The SMILES string of the molecule is NCCCc1ncccn1. The summed E-state index contributed by atoms with van der Waals surface area (Å²) in [6.45, 7) is 0.707. The van der Waals surface area contributed by atoms with Crippen molar-refractivity contribution in [2.24, 2.45) is 5.73 Å². The largest absolute Gasteiger partial charge is 0.330 e. The fourth-order valence-corrected chi connectivity index (χ4v) is 0.719. The van der Waals surface area contributed by atoms with E-state index in [2.05, 4.69) is 9.97 Å². The van der Waals surface area contributed by atoms with Crippen LogP contribution in [0.4, 0.5) is 0 Å². The lowest BCUT2D eigenvalue weighted by atomic mass is 10.3. The van der Waals surface area contributed by atoms with Gasteiger partial charge in [-0.25, -0.2) is 9.97 Å². The highest BCUT2D eigenvalue weighted by Crippen LogP contribution is 1.91. The highest BCUT2D eigenvalue weighted by molar-refractivity contribution is 4.88. The van der Waals surface area contributed by atoms with E-state index in [1.807, 2.05) is 6.07 Å². The Morgan fingerprint density at radius 1 is 1.30 bits per heavy atom. The summed E-state index contributed by atoms with van der Waals surface area (Å²) >= 11 is 0. The maximum Gasteiger partial charge on any atom is 0.128 e. The monoisotopic (exact) mass is 137 g/mol. The first-order valence-corrected chi connectivity index (χ1v) is 3.39. The van der Waals surface area contributed by atoms with Crippen LogP contribution in [0.25, 0.3) is 0 Å². The van der Waals surface area contributed by atoms with Crippen molar-refractivity contribution in [1.29, 1.82) is 0 Å². The lowest BCUT2D eigenvalue weighted by Gasteiger charge is -1.94. The fraction of sp³-hybridized carbons (Fsp3) is 0.429. The lowest BCUT2D eigenvalue weighted by molar-refractivity contribution is 0.780. The molecule has 0 spiro atoms. The van der Waals surface area contributed by atoms with E-state index in [0.29, 0.717) is 6.54 Å². The van der Waals surface area contributed by atoms with E-state index in [4.69, 9.17) is 5.73 Å². The van der Waals surface area contributed by atoms with Gasteiger partial charge < -0.3 is 5.73 Å².